The third kappa shape index (κ3) is 29.2. The lowest BCUT2D eigenvalue weighted by Gasteiger charge is -2.23. The molecule has 0 saturated carbocycles. The average Bonchev–Trinajstić information content (AvgIpc) is 3.01. The van der Waals surface area contributed by atoms with Crippen LogP contribution in [0, 0.1) is 0 Å². The minimum atomic E-state index is -4.34. The molecule has 5 N–H and O–H groups in total. The number of phosphoric acid groups is 1. The summed E-state index contributed by atoms with van der Waals surface area (Å²) in [5.41, 5.74) is 5.33. The van der Waals surface area contributed by atoms with Crippen LogP contribution in [0.3, 0.4) is 0 Å². The lowest BCUT2D eigenvalue weighted by atomic mass is 10.1. The van der Waals surface area contributed by atoms with Crippen LogP contribution < -0.4 is 11.1 Å². The molecule has 0 spiro atoms. The zero-order chi connectivity index (χ0) is 32.6. The van der Waals surface area contributed by atoms with Gasteiger partial charge in [-0.15, -0.1) is 0 Å². The predicted molar refractivity (Wildman–Crippen MR) is 184 cm³/mol. The molecule has 0 rings (SSSR count). The highest BCUT2D eigenvalue weighted by molar-refractivity contribution is 7.47. The summed E-state index contributed by atoms with van der Waals surface area (Å²) in [6.07, 6.45) is 35.8. The van der Waals surface area contributed by atoms with E-state index < -0.39 is 20.0 Å². The van der Waals surface area contributed by atoms with Crippen molar-refractivity contribution in [2.24, 2.45) is 5.73 Å². The molecule has 0 aromatic carbocycles. The molecule has 0 aliphatic heterocycles. The lowest BCUT2D eigenvalue weighted by molar-refractivity contribution is -0.123. The maximum Gasteiger partial charge on any atom is 0.472 e. The van der Waals surface area contributed by atoms with Crippen LogP contribution in [-0.4, -0.2) is 47.8 Å². The minimum Gasteiger partial charge on any atom is -0.387 e. The van der Waals surface area contributed by atoms with Crippen molar-refractivity contribution in [3.05, 3.63) is 48.6 Å². The van der Waals surface area contributed by atoms with Gasteiger partial charge in [0.15, 0.2) is 0 Å². The Hall–Kier alpha value is -1.54. The molecular weight excluding hydrogens is 575 g/mol. The standard InChI is InChI=1S/C35H65N2O6P/c1-3-5-7-9-11-13-15-16-17-19-20-22-24-26-28-34(38)33(32-43-44(40,41)42-31-30-36)37-35(39)29-27-25-23-21-18-14-12-10-8-6-4-2/h10,12-13,15,19-20,26,28,33-34,38H,3-9,11,14,16-18,21-25,27,29-32,36H2,1-2H3,(H,37,39)(H,40,41)/b12-10-,15-13+,20-19+,28-26+. The van der Waals surface area contributed by atoms with Crippen molar-refractivity contribution in [3.63, 3.8) is 0 Å². The molecule has 0 aromatic heterocycles. The van der Waals surface area contributed by atoms with Crippen LogP contribution in [0.5, 0.6) is 0 Å². The molecule has 3 atom stereocenters. The van der Waals surface area contributed by atoms with Gasteiger partial charge in [0.2, 0.25) is 5.91 Å². The third-order valence-electron chi connectivity index (χ3n) is 7.10. The number of hydrogen-bond donors (Lipinski definition) is 4. The fourth-order valence-electron chi connectivity index (χ4n) is 4.44. The largest absolute Gasteiger partial charge is 0.472 e. The molecule has 3 unspecified atom stereocenters. The van der Waals surface area contributed by atoms with Gasteiger partial charge >= 0.3 is 7.82 Å². The second kappa shape index (κ2) is 31.4. The third-order valence-corrected chi connectivity index (χ3v) is 8.09. The lowest BCUT2D eigenvalue weighted by Crippen LogP contribution is -2.45. The summed E-state index contributed by atoms with van der Waals surface area (Å²) in [7, 11) is -4.34. The van der Waals surface area contributed by atoms with Crippen LogP contribution >= 0.6 is 7.82 Å². The zero-order valence-electron chi connectivity index (χ0n) is 27.9. The zero-order valence-corrected chi connectivity index (χ0v) is 28.8. The smallest absolute Gasteiger partial charge is 0.387 e. The Morgan fingerprint density at radius 1 is 0.727 bits per heavy atom. The number of nitrogens with two attached hydrogens (primary N) is 1. The number of nitrogens with one attached hydrogen (secondary N) is 1. The van der Waals surface area contributed by atoms with Crippen LogP contribution in [0.25, 0.3) is 0 Å². The molecule has 0 fully saturated rings. The van der Waals surface area contributed by atoms with Gasteiger partial charge in [-0.25, -0.2) is 4.57 Å². The summed E-state index contributed by atoms with van der Waals surface area (Å²) in [6, 6.07) is -0.885. The maximum atomic E-state index is 12.6. The minimum absolute atomic E-state index is 0.0688. The topological polar surface area (TPSA) is 131 Å². The summed E-state index contributed by atoms with van der Waals surface area (Å²) in [5.74, 6) is -0.224. The van der Waals surface area contributed by atoms with Crippen molar-refractivity contribution >= 4 is 13.7 Å². The maximum absolute atomic E-state index is 12.6. The van der Waals surface area contributed by atoms with Crippen molar-refractivity contribution in [1.29, 1.82) is 0 Å². The monoisotopic (exact) mass is 640 g/mol. The van der Waals surface area contributed by atoms with Crippen LogP contribution in [-0.2, 0) is 18.4 Å². The molecule has 256 valence electrons. The number of carbonyl (C=O) groups is 1. The van der Waals surface area contributed by atoms with Gasteiger partial charge in [0, 0.05) is 13.0 Å². The Morgan fingerprint density at radius 2 is 1.23 bits per heavy atom. The van der Waals surface area contributed by atoms with Gasteiger partial charge in [-0.1, -0.05) is 114 Å². The van der Waals surface area contributed by atoms with Crippen molar-refractivity contribution in [1.82, 2.24) is 5.32 Å². The van der Waals surface area contributed by atoms with E-state index in [1.807, 2.05) is 6.08 Å². The average molecular weight is 641 g/mol. The van der Waals surface area contributed by atoms with Gasteiger partial charge in [-0.3, -0.25) is 13.8 Å². The normalized spacial score (nSPS) is 15.1. The molecule has 44 heavy (non-hydrogen) atoms. The van der Waals surface area contributed by atoms with E-state index in [0.717, 1.165) is 77.0 Å². The molecule has 0 saturated heterocycles. The highest BCUT2D eigenvalue weighted by atomic mass is 31.2. The number of hydrogen-bond acceptors (Lipinski definition) is 6. The van der Waals surface area contributed by atoms with Crippen LogP contribution in [0.15, 0.2) is 48.6 Å². The van der Waals surface area contributed by atoms with E-state index in [0.29, 0.717) is 6.42 Å². The summed E-state index contributed by atoms with van der Waals surface area (Å²) >= 11 is 0. The van der Waals surface area contributed by atoms with Crippen LogP contribution in [0.1, 0.15) is 136 Å². The van der Waals surface area contributed by atoms with E-state index in [2.05, 4.69) is 55.6 Å². The molecule has 0 aliphatic rings. The fraction of sp³-hybridized carbons (Fsp3) is 0.743. The molecule has 0 bridgehead atoms. The predicted octanol–water partition coefficient (Wildman–Crippen LogP) is 8.60. The SMILES string of the molecule is CCCC/C=C\CCCCCCCC(=O)NC(COP(=O)(O)OCCN)C(O)/C=C/CC/C=C/CC/C=C/CCCCCC. The first-order chi connectivity index (χ1) is 21.4. The number of unbranched alkanes of at least 4 members (excludes halogenated alkanes) is 13. The molecule has 8 nitrogen and oxygen atoms in total. The molecular formula is C35H65N2O6P. The van der Waals surface area contributed by atoms with E-state index in [1.54, 1.807) is 6.08 Å². The number of carbonyl (C=O) groups excluding carboxylic acids is 1. The first-order valence-corrected chi connectivity index (χ1v) is 18.8. The first kappa shape index (κ1) is 42.5. The Bertz CT molecular complexity index is 830. The van der Waals surface area contributed by atoms with Crippen molar-refractivity contribution in [2.75, 3.05) is 19.8 Å². The number of rotatable bonds is 31. The van der Waals surface area contributed by atoms with Crippen molar-refractivity contribution in [3.8, 4) is 0 Å². The van der Waals surface area contributed by atoms with Crippen molar-refractivity contribution in [2.45, 2.75) is 148 Å². The summed E-state index contributed by atoms with van der Waals surface area (Å²) in [6.45, 7) is 4.00. The van der Waals surface area contributed by atoms with Crippen LogP contribution in [0.2, 0.25) is 0 Å². The molecule has 0 radical (unpaired) electrons. The van der Waals surface area contributed by atoms with Gasteiger partial charge in [-0.05, 0) is 64.2 Å². The molecule has 9 heteroatoms. The highest BCUT2D eigenvalue weighted by Gasteiger charge is 2.26. The molecule has 0 heterocycles. The Kier molecular flexibility index (Phi) is 30.3. The van der Waals surface area contributed by atoms with Crippen LogP contribution in [0.4, 0.5) is 0 Å². The Balaban J connectivity index is 4.50. The van der Waals surface area contributed by atoms with Gasteiger partial charge in [0.25, 0.3) is 0 Å². The first-order valence-electron chi connectivity index (χ1n) is 17.3. The summed E-state index contributed by atoms with van der Waals surface area (Å²) in [4.78, 5) is 22.5. The summed E-state index contributed by atoms with van der Waals surface area (Å²) < 4.78 is 21.9. The molecule has 1 amide bonds. The van der Waals surface area contributed by atoms with Crippen molar-refractivity contribution < 1.29 is 28.4 Å². The number of amides is 1. The Morgan fingerprint density at radius 3 is 1.82 bits per heavy atom. The fourth-order valence-corrected chi connectivity index (χ4v) is 5.19. The van der Waals surface area contributed by atoms with E-state index in [-0.39, 0.29) is 25.7 Å². The second-order valence-corrected chi connectivity index (χ2v) is 12.8. The number of phosphoric ester groups is 1. The van der Waals surface area contributed by atoms with E-state index in [1.165, 1.54) is 38.5 Å². The molecule has 0 aliphatic carbocycles. The number of aliphatic hydroxyl groups excluding tert-OH is 1. The quantitative estimate of drug-likeness (QED) is 0.0339. The van der Waals surface area contributed by atoms with Gasteiger partial charge < -0.3 is 21.1 Å². The Labute approximate surface area is 269 Å². The van der Waals surface area contributed by atoms with E-state index >= 15 is 0 Å². The number of allylic oxidation sites excluding steroid dienone is 7. The molecule has 0 aromatic rings. The van der Waals surface area contributed by atoms with E-state index in [9.17, 15) is 19.4 Å². The van der Waals surface area contributed by atoms with Gasteiger partial charge in [0.1, 0.15) is 0 Å². The van der Waals surface area contributed by atoms with E-state index in [4.69, 9.17) is 14.8 Å². The summed E-state index contributed by atoms with van der Waals surface area (Å²) in [5, 5.41) is 13.5. The second-order valence-electron chi connectivity index (χ2n) is 11.3. The number of aliphatic hydroxyl groups is 1. The highest BCUT2D eigenvalue weighted by Crippen LogP contribution is 2.43. The van der Waals surface area contributed by atoms with Gasteiger partial charge in [-0.2, -0.15) is 0 Å². The van der Waals surface area contributed by atoms with Gasteiger partial charge in [0.05, 0.1) is 25.4 Å².